The van der Waals surface area contributed by atoms with Gasteiger partial charge in [-0.2, -0.15) is 5.10 Å². The van der Waals surface area contributed by atoms with Crippen LogP contribution in [0.4, 0.5) is 22.7 Å². The lowest BCUT2D eigenvalue weighted by atomic mass is 9.84. The number of nitro groups is 1. The lowest BCUT2D eigenvalue weighted by Gasteiger charge is -2.23. The number of para-hydroxylation sites is 1. The molecule has 0 saturated heterocycles. The summed E-state index contributed by atoms with van der Waals surface area (Å²) in [6, 6.07) is 18.0. The number of methoxy groups -OCH3 is 1. The summed E-state index contributed by atoms with van der Waals surface area (Å²) in [5.74, 6) is 0.567. The second kappa shape index (κ2) is 9.94. The van der Waals surface area contributed by atoms with Gasteiger partial charge in [0.1, 0.15) is 11.4 Å². The molecule has 4 rings (SSSR count). The van der Waals surface area contributed by atoms with Gasteiger partial charge in [-0.3, -0.25) is 20.3 Å². The van der Waals surface area contributed by atoms with Gasteiger partial charge in [0, 0.05) is 41.8 Å². The van der Waals surface area contributed by atoms with Crippen molar-refractivity contribution in [2.75, 3.05) is 29.2 Å². The summed E-state index contributed by atoms with van der Waals surface area (Å²) < 4.78 is 33.1. The molecule has 0 aliphatic carbocycles. The number of ether oxygens (including phenoxy) is 1. The van der Waals surface area contributed by atoms with Gasteiger partial charge in [0.15, 0.2) is 0 Å². The van der Waals surface area contributed by atoms with Gasteiger partial charge in [0.2, 0.25) is 0 Å². The number of rotatable bonds is 8. The van der Waals surface area contributed by atoms with E-state index in [0.29, 0.717) is 11.4 Å². The SMILES string of the molecule is COc1ccc(NS(=O)(=O)c2ccc(N/N=C\C=C3/N(C)c4ccccc4C3(C)C)c([N+](=O)[O-])c2)cc1. The summed E-state index contributed by atoms with van der Waals surface area (Å²) in [6.45, 7) is 4.23. The zero-order valence-corrected chi connectivity index (χ0v) is 21.6. The van der Waals surface area contributed by atoms with E-state index in [4.69, 9.17) is 4.74 Å². The molecule has 1 aliphatic rings. The van der Waals surface area contributed by atoms with E-state index in [1.807, 2.05) is 25.3 Å². The summed E-state index contributed by atoms with van der Waals surface area (Å²) in [5.41, 5.74) is 5.67. The van der Waals surface area contributed by atoms with Gasteiger partial charge < -0.3 is 9.64 Å². The highest BCUT2D eigenvalue weighted by molar-refractivity contribution is 7.92. The summed E-state index contributed by atoms with van der Waals surface area (Å²) >= 11 is 0. The second-order valence-electron chi connectivity index (χ2n) is 8.91. The maximum atomic E-state index is 12.8. The highest BCUT2D eigenvalue weighted by Crippen LogP contribution is 2.46. The van der Waals surface area contributed by atoms with E-state index in [0.717, 1.165) is 17.5 Å². The predicted molar refractivity (Wildman–Crippen MR) is 145 cm³/mol. The van der Waals surface area contributed by atoms with Gasteiger partial charge in [0.25, 0.3) is 15.7 Å². The maximum absolute atomic E-state index is 12.8. The van der Waals surface area contributed by atoms with Crippen molar-refractivity contribution in [1.82, 2.24) is 0 Å². The Morgan fingerprint density at radius 3 is 2.43 bits per heavy atom. The first kappa shape index (κ1) is 25.7. The highest BCUT2D eigenvalue weighted by atomic mass is 32.2. The van der Waals surface area contributed by atoms with E-state index < -0.39 is 20.6 Å². The number of fused-ring (bicyclic) bond motifs is 1. The molecule has 3 aromatic rings. The fourth-order valence-electron chi connectivity index (χ4n) is 4.31. The van der Waals surface area contributed by atoms with Crippen LogP contribution in [0.3, 0.4) is 0 Å². The molecule has 0 bridgehead atoms. The lowest BCUT2D eigenvalue weighted by molar-refractivity contribution is -0.384. The van der Waals surface area contributed by atoms with Crippen molar-refractivity contribution in [2.45, 2.75) is 24.2 Å². The zero-order chi connectivity index (χ0) is 26.8. The quantitative estimate of drug-likeness (QED) is 0.239. The Hall–Kier alpha value is -4.38. The number of allylic oxidation sites excluding steroid dienone is 2. The van der Waals surface area contributed by atoms with Crippen molar-refractivity contribution in [3.8, 4) is 5.75 Å². The number of nitro benzene ring substituents is 1. The first-order valence-electron chi connectivity index (χ1n) is 11.3. The van der Waals surface area contributed by atoms with Crippen LogP contribution in [-0.2, 0) is 15.4 Å². The van der Waals surface area contributed by atoms with Gasteiger partial charge in [-0.25, -0.2) is 8.42 Å². The largest absolute Gasteiger partial charge is 0.497 e. The normalized spacial score (nSPS) is 15.6. The van der Waals surface area contributed by atoms with Crippen molar-refractivity contribution >= 4 is 39.0 Å². The molecule has 192 valence electrons. The van der Waals surface area contributed by atoms with Crippen molar-refractivity contribution < 1.29 is 18.1 Å². The molecule has 0 atom stereocenters. The average Bonchev–Trinajstić information content (AvgIpc) is 3.07. The minimum absolute atomic E-state index is 0.0605. The molecule has 1 aliphatic heterocycles. The third-order valence-corrected chi connectivity index (χ3v) is 7.63. The van der Waals surface area contributed by atoms with E-state index >= 15 is 0 Å². The van der Waals surface area contributed by atoms with Crippen LogP contribution in [0.15, 0.2) is 88.5 Å². The molecule has 0 fully saturated rings. The lowest BCUT2D eigenvalue weighted by Crippen LogP contribution is -2.23. The van der Waals surface area contributed by atoms with Crippen LogP contribution in [-0.4, -0.2) is 33.7 Å². The Balaban J connectivity index is 1.53. The van der Waals surface area contributed by atoms with Gasteiger partial charge in [0.05, 0.1) is 16.9 Å². The first-order chi connectivity index (χ1) is 17.5. The molecular weight excluding hydrogens is 494 g/mol. The third kappa shape index (κ3) is 5.12. The molecule has 2 N–H and O–H groups in total. The van der Waals surface area contributed by atoms with E-state index in [1.165, 1.54) is 43.2 Å². The molecule has 1 heterocycles. The van der Waals surface area contributed by atoms with Gasteiger partial charge in [-0.05, 0) is 54.1 Å². The maximum Gasteiger partial charge on any atom is 0.295 e. The number of nitrogens with zero attached hydrogens (tertiary/aromatic N) is 3. The van der Waals surface area contributed by atoms with Crippen molar-refractivity contribution in [3.63, 3.8) is 0 Å². The van der Waals surface area contributed by atoms with Gasteiger partial charge in [-0.1, -0.05) is 32.0 Å². The molecule has 0 radical (unpaired) electrons. The monoisotopic (exact) mass is 521 g/mol. The minimum Gasteiger partial charge on any atom is -0.497 e. The fourth-order valence-corrected chi connectivity index (χ4v) is 5.39. The zero-order valence-electron chi connectivity index (χ0n) is 20.8. The molecular formula is C26H27N5O5S. The molecule has 3 aromatic carbocycles. The van der Waals surface area contributed by atoms with Crippen LogP contribution >= 0.6 is 0 Å². The topological polar surface area (TPSA) is 126 Å². The molecule has 0 unspecified atom stereocenters. The molecule has 10 nitrogen and oxygen atoms in total. The van der Waals surface area contributed by atoms with Crippen LogP contribution in [0.2, 0.25) is 0 Å². The summed E-state index contributed by atoms with van der Waals surface area (Å²) in [6.07, 6.45) is 3.37. The number of nitrogens with one attached hydrogen (secondary N) is 2. The Kier molecular flexibility index (Phi) is 6.90. The Labute approximate surface area is 215 Å². The van der Waals surface area contributed by atoms with Gasteiger partial charge in [-0.15, -0.1) is 0 Å². The molecule has 11 heteroatoms. The van der Waals surface area contributed by atoms with E-state index in [9.17, 15) is 18.5 Å². The van der Waals surface area contributed by atoms with E-state index in [2.05, 4.69) is 46.1 Å². The van der Waals surface area contributed by atoms with Crippen LogP contribution < -0.4 is 19.8 Å². The molecule has 0 saturated carbocycles. The Morgan fingerprint density at radius 1 is 1.08 bits per heavy atom. The Morgan fingerprint density at radius 2 is 1.78 bits per heavy atom. The fraction of sp³-hybridized carbons (Fsp3) is 0.192. The standard InChI is InChI=1S/C26H27N5O5S/c1-26(2)21-7-5-6-8-23(21)30(3)25(26)15-16-27-28-22-14-13-20(17-24(22)31(32)33)37(34,35)29-18-9-11-19(36-4)12-10-18/h5-17,28-29H,1-4H3/b25-15-,27-16-. The smallest absolute Gasteiger partial charge is 0.295 e. The first-order valence-corrected chi connectivity index (χ1v) is 12.8. The van der Waals surface area contributed by atoms with Crippen LogP contribution in [0, 0.1) is 10.1 Å². The number of anilines is 3. The number of benzene rings is 3. The predicted octanol–water partition coefficient (Wildman–Crippen LogP) is 5.11. The van der Waals surface area contributed by atoms with Crippen molar-refractivity contribution in [2.24, 2.45) is 5.10 Å². The highest BCUT2D eigenvalue weighted by Gasteiger charge is 2.37. The number of sulfonamides is 1. The summed E-state index contributed by atoms with van der Waals surface area (Å²) in [4.78, 5) is 12.9. The molecule has 0 spiro atoms. The van der Waals surface area contributed by atoms with E-state index in [1.54, 1.807) is 12.1 Å². The van der Waals surface area contributed by atoms with E-state index in [-0.39, 0.29) is 16.0 Å². The summed E-state index contributed by atoms with van der Waals surface area (Å²) in [5, 5.41) is 15.8. The molecule has 37 heavy (non-hydrogen) atoms. The van der Waals surface area contributed by atoms with Crippen LogP contribution in [0.25, 0.3) is 0 Å². The molecule has 0 amide bonds. The van der Waals surface area contributed by atoms with Crippen LogP contribution in [0.1, 0.15) is 19.4 Å². The third-order valence-electron chi connectivity index (χ3n) is 6.25. The summed E-state index contributed by atoms with van der Waals surface area (Å²) in [7, 11) is -0.585. The average molecular weight is 522 g/mol. The number of hydrazone groups is 1. The van der Waals surface area contributed by atoms with Crippen molar-refractivity contribution in [3.05, 3.63) is 94.2 Å². The van der Waals surface area contributed by atoms with Crippen molar-refractivity contribution in [1.29, 1.82) is 0 Å². The van der Waals surface area contributed by atoms with Crippen LogP contribution in [0.5, 0.6) is 5.75 Å². The number of hydrogen-bond acceptors (Lipinski definition) is 8. The number of hydrogen-bond donors (Lipinski definition) is 2. The molecule has 0 aromatic heterocycles. The van der Waals surface area contributed by atoms with Gasteiger partial charge >= 0.3 is 0 Å². The minimum atomic E-state index is -4.06. The second-order valence-corrected chi connectivity index (χ2v) is 10.6. The number of likely N-dealkylation sites (N-methyl/N-ethyl adjacent to an activating group) is 1. The Bertz CT molecular complexity index is 1500.